The van der Waals surface area contributed by atoms with Gasteiger partial charge in [-0.2, -0.15) is 0 Å². The number of fused-ring (bicyclic) bond motifs is 11. The van der Waals surface area contributed by atoms with E-state index in [0.717, 1.165) is 44.1 Å². The number of carbonyl (C=O) groups is 2. The van der Waals surface area contributed by atoms with Crippen LogP contribution in [-0.2, 0) is 23.8 Å². The van der Waals surface area contributed by atoms with Crippen LogP contribution in [0.3, 0.4) is 0 Å². The minimum Gasteiger partial charge on any atom is -0.462 e. The molecule has 5 nitrogen and oxygen atoms in total. The molecule has 184 valence electrons. The molecule has 6 aliphatic rings. The first kappa shape index (κ1) is 22.4. The zero-order valence-electron chi connectivity index (χ0n) is 20.7. The van der Waals surface area contributed by atoms with Gasteiger partial charge in [0, 0.05) is 0 Å². The maximum absolute atomic E-state index is 13.0. The molecule has 0 aromatic heterocycles. The topological polar surface area (TPSA) is 61.8 Å². The molecule has 6 saturated carbocycles. The van der Waals surface area contributed by atoms with Crippen molar-refractivity contribution >= 4 is 11.9 Å². The molecule has 6 aliphatic carbocycles. The maximum Gasteiger partial charge on any atom is 0.311 e. The van der Waals surface area contributed by atoms with Gasteiger partial charge in [-0.15, -0.1) is 0 Å². The Kier molecular flexibility index (Phi) is 5.40. The fraction of sp³-hybridized carbons (Fsp3) is 0.929. The number of esters is 2. The lowest BCUT2D eigenvalue weighted by Crippen LogP contribution is -2.43. The summed E-state index contributed by atoms with van der Waals surface area (Å²) in [7, 11) is 0. The van der Waals surface area contributed by atoms with E-state index in [1.165, 1.54) is 38.5 Å². The van der Waals surface area contributed by atoms with Crippen molar-refractivity contribution < 1.29 is 23.8 Å². The maximum atomic E-state index is 13.0. The van der Waals surface area contributed by atoms with Crippen LogP contribution in [0.5, 0.6) is 0 Å². The van der Waals surface area contributed by atoms with Crippen molar-refractivity contribution in [2.24, 2.45) is 58.2 Å². The fourth-order valence-electron chi connectivity index (χ4n) is 9.37. The third-order valence-corrected chi connectivity index (χ3v) is 11.3. The number of ether oxygens (including phenoxy) is 3. The monoisotopic (exact) mass is 458 g/mol. The van der Waals surface area contributed by atoms with E-state index in [0.29, 0.717) is 35.0 Å². The minimum absolute atomic E-state index is 0.0168. The summed E-state index contributed by atoms with van der Waals surface area (Å²) in [6.45, 7) is 6.88. The van der Waals surface area contributed by atoms with E-state index in [-0.39, 0.29) is 30.8 Å². The number of hydrogen-bond donors (Lipinski definition) is 0. The number of carbonyl (C=O) groups excluding carboxylic acids is 2. The molecule has 33 heavy (non-hydrogen) atoms. The van der Waals surface area contributed by atoms with Crippen molar-refractivity contribution in [1.29, 1.82) is 0 Å². The zero-order valence-corrected chi connectivity index (χ0v) is 20.7. The molecule has 8 atom stereocenters. The summed E-state index contributed by atoms with van der Waals surface area (Å²) in [4.78, 5) is 25.8. The van der Waals surface area contributed by atoms with Gasteiger partial charge in [0.15, 0.2) is 6.79 Å². The molecule has 5 heteroatoms. The second-order valence-electron chi connectivity index (χ2n) is 13.3. The van der Waals surface area contributed by atoms with Crippen LogP contribution in [0.1, 0.15) is 85.0 Å². The SMILES string of the molecule is CCC(C)(C)C(=O)OC1CC2CC1C1C3CC(CC3C(=O)OCOCC34CCC(CC3)C4)C21. The first-order valence-electron chi connectivity index (χ1n) is 13.8. The highest BCUT2D eigenvalue weighted by atomic mass is 16.7. The molecule has 0 amide bonds. The highest BCUT2D eigenvalue weighted by molar-refractivity contribution is 5.76. The van der Waals surface area contributed by atoms with Gasteiger partial charge in [-0.25, -0.2) is 0 Å². The predicted octanol–water partition coefficient (Wildman–Crippen LogP) is 5.36. The number of hydrogen-bond acceptors (Lipinski definition) is 5. The van der Waals surface area contributed by atoms with Crippen molar-refractivity contribution in [2.45, 2.75) is 91.1 Å². The van der Waals surface area contributed by atoms with Crippen LogP contribution >= 0.6 is 0 Å². The van der Waals surface area contributed by atoms with E-state index < -0.39 is 5.41 Å². The Bertz CT molecular complexity index is 796. The molecule has 0 saturated heterocycles. The van der Waals surface area contributed by atoms with E-state index in [1.54, 1.807) is 0 Å². The Balaban J connectivity index is 1.03. The molecular formula is C28H42O5. The number of rotatable bonds is 8. The minimum atomic E-state index is -0.417. The summed E-state index contributed by atoms with van der Waals surface area (Å²) in [6.07, 6.45) is 11.8. The summed E-state index contributed by atoms with van der Waals surface area (Å²) in [5.74, 6) is 4.30. The van der Waals surface area contributed by atoms with Crippen LogP contribution in [0.15, 0.2) is 0 Å². The van der Waals surface area contributed by atoms with Crippen molar-refractivity contribution in [1.82, 2.24) is 0 Å². The summed E-state index contributed by atoms with van der Waals surface area (Å²) in [5, 5.41) is 0. The van der Waals surface area contributed by atoms with Crippen LogP contribution in [-0.4, -0.2) is 31.4 Å². The summed E-state index contributed by atoms with van der Waals surface area (Å²) < 4.78 is 17.7. The Morgan fingerprint density at radius 1 is 0.970 bits per heavy atom. The molecule has 8 unspecified atom stereocenters. The lowest BCUT2D eigenvalue weighted by atomic mass is 9.66. The lowest BCUT2D eigenvalue weighted by molar-refractivity contribution is -0.171. The van der Waals surface area contributed by atoms with Gasteiger partial charge in [-0.3, -0.25) is 9.59 Å². The smallest absolute Gasteiger partial charge is 0.311 e. The largest absolute Gasteiger partial charge is 0.462 e. The van der Waals surface area contributed by atoms with Gasteiger partial charge in [0.25, 0.3) is 0 Å². The van der Waals surface area contributed by atoms with Crippen molar-refractivity contribution in [3.05, 3.63) is 0 Å². The molecule has 0 aliphatic heterocycles. The standard InChI is InChI=1S/C28H42O5/c1-4-27(2,3)26(30)33-22-12-18-11-21(22)24-19-9-17(23(18)24)10-20(19)25(29)32-15-31-14-28-7-5-16(13-28)6-8-28/h16-24H,4-15H2,1-3H3. The summed E-state index contributed by atoms with van der Waals surface area (Å²) >= 11 is 0. The van der Waals surface area contributed by atoms with E-state index in [4.69, 9.17) is 14.2 Å². The molecule has 0 aromatic rings. The van der Waals surface area contributed by atoms with E-state index in [1.807, 2.05) is 20.8 Å². The van der Waals surface area contributed by atoms with Gasteiger partial charge in [-0.05, 0) is 125 Å². The fourth-order valence-corrected chi connectivity index (χ4v) is 9.37. The average Bonchev–Trinajstić information content (AvgIpc) is 3.62. The van der Waals surface area contributed by atoms with E-state index in [2.05, 4.69) is 0 Å². The molecule has 6 bridgehead atoms. The molecule has 0 N–H and O–H groups in total. The third-order valence-electron chi connectivity index (χ3n) is 11.3. The Morgan fingerprint density at radius 3 is 2.39 bits per heavy atom. The second-order valence-corrected chi connectivity index (χ2v) is 13.3. The molecule has 6 fully saturated rings. The van der Waals surface area contributed by atoms with Gasteiger partial charge < -0.3 is 14.2 Å². The second kappa shape index (κ2) is 7.96. The zero-order chi connectivity index (χ0) is 23.0. The Labute approximate surface area is 198 Å². The predicted molar refractivity (Wildman–Crippen MR) is 123 cm³/mol. The van der Waals surface area contributed by atoms with Gasteiger partial charge in [0.2, 0.25) is 0 Å². The quantitative estimate of drug-likeness (QED) is 0.212. The van der Waals surface area contributed by atoms with Crippen LogP contribution in [0, 0.1) is 58.2 Å². The van der Waals surface area contributed by atoms with Crippen molar-refractivity contribution in [3.63, 3.8) is 0 Å². The van der Waals surface area contributed by atoms with E-state index in [9.17, 15) is 9.59 Å². The van der Waals surface area contributed by atoms with Crippen LogP contribution in [0.4, 0.5) is 0 Å². The van der Waals surface area contributed by atoms with Crippen LogP contribution in [0.2, 0.25) is 0 Å². The molecule has 0 aromatic carbocycles. The normalized spacial score (nSPS) is 46.7. The summed E-state index contributed by atoms with van der Waals surface area (Å²) in [5.41, 5.74) is -0.0433. The first-order chi connectivity index (χ1) is 15.8. The third kappa shape index (κ3) is 3.58. The van der Waals surface area contributed by atoms with Crippen molar-refractivity contribution in [2.75, 3.05) is 13.4 Å². The molecule has 6 rings (SSSR count). The Morgan fingerprint density at radius 2 is 1.70 bits per heavy atom. The molecule has 0 heterocycles. The van der Waals surface area contributed by atoms with Crippen molar-refractivity contribution in [3.8, 4) is 0 Å². The summed E-state index contributed by atoms with van der Waals surface area (Å²) in [6, 6.07) is 0. The van der Waals surface area contributed by atoms with Gasteiger partial charge in [0.05, 0.1) is 17.9 Å². The van der Waals surface area contributed by atoms with Crippen LogP contribution in [0.25, 0.3) is 0 Å². The lowest BCUT2D eigenvalue weighted by Gasteiger charge is -2.41. The Hall–Kier alpha value is -1.10. The van der Waals surface area contributed by atoms with E-state index >= 15 is 0 Å². The first-order valence-corrected chi connectivity index (χ1v) is 13.8. The molecule has 0 spiro atoms. The highest BCUT2D eigenvalue weighted by Gasteiger charge is 2.66. The molecular weight excluding hydrogens is 416 g/mol. The highest BCUT2D eigenvalue weighted by Crippen LogP contribution is 2.69. The molecule has 0 radical (unpaired) electrons. The van der Waals surface area contributed by atoms with Gasteiger partial charge in [-0.1, -0.05) is 6.92 Å². The van der Waals surface area contributed by atoms with Gasteiger partial charge >= 0.3 is 11.9 Å². The van der Waals surface area contributed by atoms with Gasteiger partial charge in [0.1, 0.15) is 6.10 Å². The van der Waals surface area contributed by atoms with Crippen LogP contribution < -0.4 is 0 Å². The average molecular weight is 459 g/mol.